The molecule has 158 valence electrons. The molecule has 0 aliphatic carbocycles. The van der Waals surface area contributed by atoms with Crippen LogP contribution in [0.4, 0.5) is 0 Å². The Hall–Kier alpha value is -1.24. The Morgan fingerprint density at radius 3 is 2.00 bits per heavy atom. The van der Waals surface area contributed by atoms with Crippen LogP contribution in [0.2, 0.25) is 0 Å². The number of nitrogens with one attached hydrogen (secondary N) is 3. The summed E-state index contributed by atoms with van der Waals surface area (Å²) in [7, 11) is 0. The van der Waals surface area contributed by atoms with Crippen molar-refractivity contribution in [2.45, 2.75) is 79.2 Å². The molecule has 0 spiro atoms. The number of hydrogen-bond donors (Lipinski definition) is 3. The average Bonchev–Trinajstić information content (AvgIpc) is 2.48. The molecule has 3 amide bonds. The van der Waals surface area contributed by atoms with E-state index < -0.39 is 0 Å². The van der Waals surface area contributed by atoms with Gasteiger partial charge in [0.15, 0.2) is 0 Å². The minimum Gasteiger partial charge on any atom is -0.356 e. The van der Waals surface area contributed by atoms with Gasteiger partial charge in [-0.3, -0.25) is 14.4 Å². The quantitative estimate of drug-likeness (QED) is 0.439. The van der Waals surface area contributed by atoms with Crippen molar-refractivity contribution < 1.29 is 14.4 Å². The third-order valence-corrected chi connectivity index (χ3v) is 4.58. The number of carbonyl (C=O) groups is 3. The molecule has 3 N–H and O–H groups in total. The first-order valence-electron chi connectivity index (χ1n) is 9.81. The summed E-state index contributed by atoms with van der Waals surface area (Å²) in [5, 5.41) is 8.55. The van der Waals surface area contributed by atoms with Gasteiger partial charge in [-0.05, 0) is 51.2 Å². The summed E-state index contributed by atoms with van der Waals surface area (Å²) in [5.74, 6) is 1.07. The fourth-order valence-electron chi connectivity index (χ4n) is 2.28. The number of rotatable bonds is 12. The van der Waals surface area contributed by atoms with Crippen LogP contribution in [0.1, 0.15) is 73.6 Å². The van der Waals surface area contributed by atoms with Gasteiger partial charge in [0, 0.05) is 31.5 Å². The van der Waals surface area contributed by atoms with E-state index in [0.717, 1.165) is 31.6 Å². The van der Waals surface area contributed by atoms with E-state index in [0.29, 0.717) is 24.1 Å². The van der Waals surface area contributed by atoms with Crippen LogP contribution in [-0.4, -0.2) is 47.9 Å². The van der Waals surface area contributed by atoms with E-state index in [9.17, 15) is 14.4 Å². The predicted octanol–water partition coefficient (Wildman–Crippen LogP) is 2.86. The molecule has 0 heterocycles. The minimum absolute atomic E-state index is 0.0658. The Balaban J connectivity index is 3.57. The van der Waals surface area contributed by atoms with E-state index >= 15 is 0 Å². The van der Waals surface area contributed by atoms with Gasteiger partial charge >= 0.3 is 0 Å². The van der Waals surface area contributed by atoms with Crippen LogP contribution in [0.25, 0.3) is 0 Å². The third-order valence-electron chi connectivity index (χ3n) is 3.54. The zero-order valence-corrected chi connectivity index (χ0v) is 18.8. The molecule has 0 bridgehead atoms. The fraction of sp³-hybridized carbons (Fsp3) is 0.850. The summed E-state index contributed by atoms with van der Waals surface area (Å²) >= 11 is 1.51. The van der Waals surface area contributed by atoms with Gasteiger partial charge in [0.25, 0.3) is 0 Å². The maximum Gasteiger partial charge on any atom is 0.230 e. The van der Waals surface area contributed by atoms with Crippen LogP contribution in [0.15, 0.2) is 0 Å². The molecule has 7 heteroatoms. The van der Waals surface area contributed by atoms with Gasteiger partial charge in [0.2, 0.25) is 17.7 Å². The van der Waals surface area contributed by atoms with Gasteiger partial charge in [-0.15, -0.1) is 0 Å². The van der Waals surface area contributed by atoms with Crippen molar-refractivity contribution in [1.82, 2.24) is 16.0 Å². The molecule has 0 aliphatic heterocycles. The highest BCUT2D eigenvalue weighted by atomic mass is 32.2. The lowest BCUT2D eigenvalue weighted by Gasteiger charge is -2.20. The summed E-state index contributed by atoms with van der Waals surface area (Å²) in [5.41, 5.74) is 0.0498. The maximum absolute atomic E-state index is 11.7. The smallest absolute Gasteiger partial charge is 0.230 e. The van der Waals surface area contributed by atoms with Crippen molar-refractivity contribution in [3.8, 4) is 0 Å². The van der Waals surface area contributed by atoms with E-state index in [1.807, 2.05) is 20.8 Å². The maximum atomic E-state index is 11.7. The Labute approximate surface area is 169 Å². The number of hydrogen-bond acceptors (Lipinski definition) is 4. The first-order valence-corrected chi connectivity index (χ1v) is 11.0. The van der Waals surface area contributed by atoms with Crippen LogP contribution in [0, 0.1) is 5.41 Å². The highest BCUT2D eigenvalue weighted by Crippen LogP contribution is 2.19. The molecule has 0 aromatic rings. The molecule has 0 radical (unpaired) electrons. The Bertz CT molecular complexity index is 468. The first kappa shape index (κ1) is 25.8. The predicted molar refractivity (Wildman–Crippen MR) is 114 cm³/mol. The van der Waals surface area contributed by atoms with Crippen LogP contribution in [-0.2, 0) is 14.4 Å². The molecule has 0 atom stereocenters. The van der Waals surface area contributed by atoms with Crippen molar-refractivity contribution in [1.29, 1.82) is 0 Å². The van der Waals surface area contributed by atoms with Crippen molar-refractivity contribution in [2.24, 2.45) is 5.41 Å². The fourth-order valence-corrected chi connectivity index (χ4v) is 3.06. The topological polar surface area (TPSA) is 87.3 Å². The lowest BCUT2D eigenvalue weighted by atomic mass is 9.91. The summed E-state index contributed by atoms with van der Waals surface area (Å²) in [4.78, 5) is 35.1. The molecular weight excluding hydrogens is 362 g/mol. The summed E-state index contributed by atoms with van der Waals surface area (Å²) in [6.07, 6.45) is 3.63. The molecule has 0 fully saturated rings. The minimum atomic E-state index is -0.254. The van der Waals surface area contributed by atoms with Gasteiger partial charge in [-0.1, -0.05) is 20.8 Å². The van der Waals surface area contributed by atoms with Gasteiger partial charge in [0.05, 0.1) is 5.75 Å². The summed E-state index contributed by atoms with van der Waals surface area (Å²) < 4.78 is 0. The van der Waals surface area contributed by atoms with Crippen LogP contribution in [0.5, 0.6) is 0 Å². The molecular formula is C20H39N3O3S. The zero-order valence-electron chi connectivity index (χ0n) is 18.0. The van der Waals surface area contributed by atoms with Crippen molar-refractivity contribution >= 4 is 29.5 Å². The van der Waals surface area contributed by atoms with E-state index in [4.69, 9.17) is 0 Å². The molecule has 0 saturated heterocycles. The Morgan fingerprint density at radius 1 is 0.778 bits per heavy atom. The SMILES string of the molecule is CC(C)(C)CCCNC(=O)CCCSCC(=O)NCCC(=O)NC(C)(C)C. The molecule has 0 rings (SSSR count). The van der Waals surface area contributed by atoms with Crippen molar-refractivity contribution in [3.05, 3.63) is 0 Å². The standard InChI is InChI=1S/C20H39N3O3S/c1-19(2,3)11-8-12-21-16(24)9-7-14-27-15-18(26)22-13-10-17(25)23-20(4,5)6/h7-15H2,1-6H3,(H,21,24)(H,22,26)(H,23,25). The van der Waals surface area contributed by atoms with Crippen LogP contribution in [0.3, 0.4) is 0 Å². The second-order valence-electron chi connectivity index (χ2n) is 9.07. The number of amides is 3. The zero-order chi connectivity index (χ0) is 20.9. The van der Waals surface area contributed by atoms with E-state index in [2.05, 4.69) is 36.7 Å². The second-order valence-corrected chi connectivity index (χ2v) is 10.2. The summed E-state index contributed by atoms with van der Waals surface area (Å²) in [6.45, 7) is 13.4. The van der Waals surface area contributed by atoms with Gasteiger partial charge in [-0.25, -0.2) is 0 Å². The molecule has 6 nitrogen and oxygen atoms in total. The molecule has 0 aliphatic rings. The Morgan fingerprint density at radius 2 is 1.41 bits per heavy atom. The van der Waals surface area contributed by atoms with E-state index in [1.165, 1.54) is 11.8 Å². The second kappa shape index (κ2) is 13.0. The monoisotopic (exact) mass is 401 g/mol. The lowest BCUT2D eigenvalue weighted by Crippen LogP contribution is -2.42. The molecule has 0 aromatic carbocycles. The van der Waals surface area contributed by atoms with E-state index in [-0.39, 0.29) is 29.7 Å². The lowest BCUT2D eigenvalue weighted by molar-refractivity contribution is -0.123. The highest BCUT2D eigenvalue weighted by molar-refractivity contribution is 7.99. The summed E-state index contributed by atoms with van der Waals surface area (Å²) in [6, 6.07) is 0. The highest BCUT2D eigenvalue weighted by Gasteiger charge is 2.13. The first-order chi connectivity index (χ1) is 12.4. The number of carbonyl (C=O) groups excluding carboxylic acids is 3. The molecule has 27 heavy (non-hydrogen) atoms. The van der Waals surface area contributed by atoms with Crippen molar-refractivity contribution in [2.75, 3.05) is 24.6 Å². The van der Waals surface area contributed by atoms with Gasteiger partial charge in [0.1, 0.15) is 0 Å². The normalized spacial score (nSPS) is 11.8. The average molecular weight is 402 g/mol. The third kappa shape index (κ3) is 19.3. The number of thioether (sulfide) groups is 1. The Kier molecular flexibility index (Phi) is 12.4. The van der Waals surface area contributed by atoms with Crippen LogP contribution < -0.4 is 16.0 Å². The molecule has 0 aromatic heterocycles. The largest absolute Gasteiger partial charge is 0.356 e. The van der Waals surface area contributed by atoms with Gasteiger partial charge < -0.3 is 16.0 Å². The molecule has 0 saturated carbocycles. The van der Waals surface area contributed by atoms with Crippen LogP contribution >= 0.6 is 11.8 Å². The van der Waals surface area contributed by atoms with Gasteiger partial charge in [-0.2, -0.15) is 11.8 Å². The van der Waals surface area contributed by atoms with E-state index in [1.54, 1.807) is 0 Å². The van der Waals surface area contributed by atoms with Crippen molar-refractivity contribution in [3.63, 3.8) is 0 Å². The molecule has 0 unspecified atom stereocenters.